The van der Waals surface area contributed by atoms with Gasteiger partial charge in [-0.05, 0) is 85.0 Å². The van der Waals surface area contributed by atoms with Crippen molar-refractivity contribution in [2.45, 2.75) is 44.5 Å². The molecule has 0 aliphatic carbocycles. The highest BCUT2D eigenvalue weighted by atomic mass is 35.5. The number of carbonyl (C=O) groups excluding carboxylic acids is 2. The molecule has 0 spiro atoms. The fraction of sp³-hybridized carbons (Fsp3) is 0.323. The summed E-state index contributed by atoms with van der Waals surface area (Å²) >= 11 is 7.49. The summed E-state index contributed by atoms with van der Waals surface area (Å²) in [5.74, 6) is 0.850. The third-order valence-corrected chi connectivity index (χ3v) is 8.26. The molecule has 222 valence electrons. The molecule has 6 nitrogen and oxygen atoms in total. The van der Waals surface area contributed by atoms with Crippen LogP contribution in [-0.2, 0) is 11.9 Å². The van der Waals surface area contributed by atoms with E-state index >= 15 is 0 Å². The van der Waals surface area contributed by atoms with E-state index in [-0.39, 0.29) is 17.0 Å². The Morgan fingerprint density at radius 1 is 1.02 bits per heavy atom. The first kappa shape index (κ1) is 31.4. The van der Waals surface area contributed by atoms with Crippen molar-refractivity contribution >= 4 is 52.8 Å². The smallest absolute Gasteiger partial charge is 0.372 e. The van der Waals surface area contributed by atoms with Crippen LogP contribution in [0.4, 0.5) is 24.5 Å². The molecule has 1 fully saturated rings. The first-order valence-electron chi connectivity index (χ1n) is 13.7. The van der Waals surface area contributed by atoms with Gasteiger partial charge in [0.15, 0.2) is 0 Å². The molecule has 0 radical (unpaired) electrons. The molecule has 0 aromatic heterocycles. The summed E-state index contributed by atoms with van der Waals surface area (Å²) in [6.45, 7) is 3.82. The molecule has 11 heteroatoms. The lowest BCUT2D eigenvalue weighted by Crippen LogP contribution is -2.30. The van der Waals surface area contributed by atoms with Crippen molar-refractivity contribution in [1.82, 2.24) is 5.43 Å². The number of thioether (sulfide) groups is 1. The average molecular weight is 617 g/mol. The summed E-state index contributed by atoms with van der Waals surface area (Å²) in [5, 5.41) is 6.30. The molecule has 1 saturated heterocycles. The minimum atomic E-state index is -4.62. The highest BCUT2D eigenvalue weighted by molar-refractivity contribution is 7.98. The van der Waals surface area contributed by atoms with Crippen LogP contribution in [0.3, 0.4) is 0 Å². The highest BCUT2D eigenvalue weighted by Gasteiger charge is 2.33. The van der Waals surface area contributed by atoms with Crippen molar-refractivity contribution in [1.29, 1.82) is 0 Å². The van der Waals surface area contributed by atoms with Crippen molar-refractivity contribution < 1.29 is 22.8 Å². The van der Waals surface area contributed by atoms with Crippen LogP contribution in [0.1, 0.15) is 70.0 Å². The molecule has 1 aliphatic heterocycles. The zero-order valence-electron chi connectivity index (χ0n) is 23.1. The van der Waals surface area contributed by atoms with Gasteiger partial charge in [-0.3, -0.25) is 9.59 Å². The number of carbonyl (C=O) groups is 2. The lowest BCUT2D eigenvalue weighted by molar-refractivity contribution is -0.137. The molecule has 1 aliphatic rings. The van der Waals surface area contributed by atoms with Crippen molar-refractivity contribution in [2.75, 3.05) is 29.1 Å². The van der Waals surface area contributed by atoms with Crippen LogP contribution in [0.25, 0.3) is 0 Å². The SMILES string of the molecule is CCCSCc1cccc(C(=O)Nc2ccc(N3CCCCC3)cc2C(=O)N/N=C/c2ccc(Cl)c(C(F)(F)F)c2)c1. The van der Waals surface area contributed by atoms with E-state index < -0.39 is 22.7 Å². The largest absolute Gasteiger partial charge is 0.417 e. The molecule has 3 aromatic carbocycles. The van der Waals surface area contributed by atoms with E-state index in [1.54, 1.807) is 30.0 Å². The van der Waals surface area contributed by atoms with Crippen molar-refractivity contribution in [2.24, 2.45) is 5.10 Å². The monoisotopic (exact) mass is 616 g/mol. The second kappa shape index (κ2) is 14.6. The van der Waals surface area contributed by atoms with Gasteiger partial charge in [-0.25, -0.2) is 5.43 Å². The number of rotatable bonds is 10. The van der Waals surface area contributed by atoms with Gasteiger partial charge >= 0.3 is 6.18 Å². The van der Waals surface area contributed by atoms with Crippen LogP contribution < -0.4 is 15.6 Å². The second-order valence-electron chi connectivity index (χ2n) is 9.92. The standard InChI is InChI=1S/C31H32ClF3N4O2S/c1-2-15-42-20-22-7-6-8-23(16-22)29(40)37-28-12-10-24(39-13-4-3-5-14-39)18-25(28)30(41)38-36-19-21-9-11-27(32)26(17-21)31(33,34)35/h6-12,16-19H,2-5,13-15,20H2,1H3,(H,37,40)(H,38,41)/b36-19+. The van der Waals surface area contributed by atoms with E-state index in [1.807, 2.05) is 24.3 Å². The molecule has 1 heterocycles. The minimum Gasteiger partial charge on any atom is -0.372 e. The zero-order chi connectivity index (χ0) is 30.1. The number of alkyl halides is 3. The summed E-state index contributed by atoms with van der Waals surface area (Å²) in [6.07, 6.45) is 0.777. The molecule has 2 N–H and O–H groups in total. The van der Waals surface area contributed by atoms with Gasteiger partial charge in [0.2, 0.25) is 0 Å². The predicted octanol–water partition coefficient (Wildman–Crippen LogP) is 8.01. The van der Waals surface area contributed by atoms with Gasteiger partial charge in [0, 0.05) is 30.1 Å². The van der Waals surface area contributed by atoms with Crippen molar-refractivity contribution in [3.63, 3.8) is 0 Å². The topological polar surface area (TPSA) is 73.8 Å². The molecule has 0 atom stereocenters. The number of piperidine rings is 1. The summed E-state index contributed by atoms with van der Waals surface area (Å²) in [7, 11) is 0. The minimum absolute atomic E-state index is 0.111. The van der Waals surface area contributed by atoms with E-state index in [4.69, 9.17) is 11.6 Å². The maximum absolute atomic E-state index is 13.3. The Kier molecular flexibility index (Phi) is 10.9. The molecule has 0 unspecified atom stereocenters. The molecule has 2 amide bonds. The number of amides is 2. The number of nitrogens with zero attached hydrogens (tertiary/aromatic N) is 2. The second-order valence-corrected chi connectivity index (χ2v) is 11.4. The number of hydrogen-bond acceptors (Lipinski definition) is 5. The van der Waals surface area contributed by atoms with Crippen LogP contribution in [0.2, 0.25) is 5.02 Å². The van der Waals surface area contributed by atoms with Crippen LogP contribution in [0, 0.1) is 0 Å². The fourth-order valence-electron chi connectivity index (χ4n) is 4.58. The van der Waals surface area contributed by atoms with Crippen LogP contribution in [0.5, 0.6) is 0 Å². The summed E-state index contributed by atoms with van der Waals surface area (Å²) < 4.78 is 39.6. The van der Waals surface area contributed by atoms with Crippen molar-refractivity contribution in [3.8, 4) is 0 Å². The van der Waals surface area contributed by atoms with Crippen LogP contribution in [0.15, 0.2) is 65.8 Å². The highest BCUT2D eigenvalue weighted by Crippen LogP contribution is 2.35. The zero-order valence-corrected chi connectivity index (χ0v) is 24.7. The molecular weight excluding hydrogens is 585 g/mol. The Hall–Kier alpha value is -3.50. The van der Waals surface area contributed by atoms with Crippen LogP contribution in [-0.4, -0.2) is 36.9 Å². The predicted molar refractivity (Wildman–Crippen MR) is 165 cm³/mol. The molecule has 0 saturated carbocycles. The normalized spacial score (nSPS) is 13.8. The van der Waals surface area contributed by atoms with E-state index in [2.05, 4.69) is 27.7 Å². The third kappa shape index (κ3) is 8.51. The first-order chi connectivity index (χ1) is 20.2. The Bertz CT molecular complexity index is 1440. The number of hydrazone groups is 1. The Morgan fingerprint density at radius 2 is 1.81 bits per heavy atom. The van der Waals surface area contributed by atoms with Gasteiger partial charge in [0.25, 0.3) is 11.8 Å². The number of benzene rings is 3. The fourth-order valence-corrected chi connectivity index (χ4v) is 5.65. The van der Waals surface area contributed by atoms with Gasteiger partial charge in [-0.15, -0.1) is 0 Å². The summed E-state index contributed by atoms with van der Waals surface area (Å²) in [4.78, 5) is 28.7. The molecule has 42 heavy (non-hydrogen) atoms. The van der Waals surface area contributed by atoms with E-state index in [1.165, 1.54) is 6.07 Å². The Balaban J connectivity index is 1.55. The van der Waals surface area contributed by atoms with E-state index in [9.17, 15) is 22.8 Å². The quantitative estimate of drug-likeness (QED) is 0.137. The maximum atomic E-state index is 13.3. The lowest BCUT2D eigenvalue weighted by atomic mass is 10.1. The van der Waals surface area contributed by atoms with E-state index in [0.717, 1.165) is 79.9 Å². The lowest BCUT2D eigenvalue weighted by Gasteiger charge is -2.29. The average Bonchev–Trinajstić information content (AvgIpc) is 2.98. The number of hydrogen-bond donors (Lipinski definition) is 2. The Morgan fingerprint density at radius 3 is 2.55 bits per heavy atom. The molecule has 0 bridgehead atoms. The first-order valence-corrected chi connectivity index (χ1v) is 15.3. The summed E-state index contributed by atoms with van der Waals surface area (Å²) in [6, 6.07) is 16.0. The number of halogens is 4. The maximum Gasteiger partial charge on any atom is 0.417 e. The van der Waals surface area contributed by atoms with Gasteiger partial charge in [0.1, 0.15) is 0 Å². The number of anilines is 2. The Labute approximate surface area is 252 Å². The van der Waals surface area contributed by atoms with E-state index in [0.29, 0.717) is 11.3 Å². The van der Waals surface area contributed by atoms with Crippen LogP contribution >= 0.6 is 23.4 Å². The van der Waals surface area contributed by atoms with Gasteiger partial charge < -0.3 is 10.2 Å². The number of nitrogens with one attached hydrogen (secondary N) is 2. The third-order valence-electron chi connectivity index (χ3n) is 6.70. The molecule has 3 aromatic rings. The molecular formula is C31H32ClF3N4O2S. The van der Waals surface area contributed by atoms with Gasteiger partial charge in [-0.2, -0.15) is 30.0 Å². The van der Waals surface area contributed by atoms with Gasteiger partial charge in [0.05, 0.1) is 28.1 Å². The molecule has 4 rings (SSSR count). The summed E-state index contributed by atoms with van der Waals surface area (Å²) in [5.41, 5.74) is 4.32. The van der Waals surface area contributed by atoms with Gasteiger partial charge in [-0.1, -0.05) is 36.7 Å². The van der Waals surface area contributed by atoms with Crippen molar-refractivity contribution in [3.05, 3.63) is 93.5 Å².